The lowest BCUT2D eigenvalue weighted by molar-refractivity contribution is -0.0338. The third kappa shape index (κ3) is 6.22. The maximum Gasteiger partial charge on any atom is 0.216 e. The second-order valence-corrected chi connectivity index (χ2v) is 9.30. The van der Waals surface area contributed by atoms with Crippen molar-refractivity contribution in [1.29, 1.82) is 0 Å². The molecule has 126 valence electrons. The molecule has 0 aromatic rings. The van der Waals surface area contributed by atoms with E-state index in [0.29, 0.717) is 13.2 Å². The van der Waals surface area contributed by atoms with Gasteiger partial charge in [-0.2, -0.15) is 0 Å². The minimum Gasteiger partial charge on any atom is -0.374 e. The van der Waals surface area contributed by atoms with Crippen LogP contribution in [0.1, 0.15) is 40.5 Å². The van der Waals surface area contributed by atoms with Crippen molar-refractivity contribution in [3.05, 3.63) is 0 Å². The van der Waals surface area contributed by atoms with Crippen LogP contribution in [0.4, 0.5) is 0 Å². The molecule has 1 aliphatic heterocycles. The summed E-state index contributed by atoms with van der Waals surface area (Å²) in [6.07, 6.45) is 2.42. The molecule has 0 aliphatic carbocycles. The zero-order valence-electron chi connectivity index (χ0n) is 14.2. The normalized spacial score (nSPS) is 21.6. The summed E-state index contributed by atoms with van der Waals surface area (Å²) < 4.78 is 31.4. The smallest absolute Gasteiger partial charge is 0.216 e. The number of hydrogen-bond acceptors (Lipinski definition) is 4. The van der Waals surface area contributed by atoms with Crippen molar-refractivity contribution in [2.24, 2.45) is 5.92 Å². The Balaban J connectivity index is 2.42. The molecule has 1 aliphatic rings. The molecule has 0 radical (unpaired) electrons. The summed E-state index contributed by atoms with van der Waals surface area (Å²) in [5, 5.41) is -0.381. The predicted octanol–water partition coefficient (Wildman–Crippen LogP) is 1.79. The Kier molecular flexibility index (Phi) is 7.60. The van der Waals surface area contributed by atoms with Crippen LogP contribution >= 0.6 is 0 Å². The lowest BCUT2D eigenvalue weighted by Crippen LogP contribution is -2.48. The molecule has 0 aromatic heterocycles. The largest absolute Gasteiger partial charge is 0.374 e. The first kappa shape index (κ1) is 18.9. The minimum atomic E-state index is -3.19. The van der Waals surface area contributed by atoms with Crippen molar-refractivity contribution in [1.82, 2.24) is 9.21 Å². The summed E-state index contributed by atoms with van der Waals surface area (Å²) in [5.74, 6) is 0.740. The predicted molar refractivity (Wildman–Crippen MR) is 86.9 cm³/mol. The van der Waals surface area contributed by atoms with Crippen LogP contribution in [0.25, 0.3) is 0 Å². The van der Waals surface area contributed by atoms with Gasteiger partial charge in [-0.25, -0.2) is 12.7 Å². The van der Waals surface area contributed by atoms with Crippen LogP contribution in [-0.2, 0) is 14.8 Å². The van der Waals surface area contributed by atoms with Gasteiger partial charge in [0.15, 0.2) is 0 Å². The number of hydrogen-bond donors (Lipinski definition) is 0. The zero-order valence-corrected chi connectivity index (χ0v) is 15.0. The fraction of sp³-hybridized carbons (Fsp3) is 1.00. The Bertz CT molecular complexity index is 396. The number of ether oxygens (including phenoxy) is 1. The second-order valence-electron chi connectivity index (χ2n) is 6.70. The molecule has 1 atom stereocenters. The van der Waals surface area contributed by atoms with E-state index in [4.69, 9.17) is 4.74 Å². The molecule has 0 bridgehead atoms. The van der Waals surface area contributed by atoms with E-state index in [1.54, 1.807) is 20.9 Å². The molecule has 1 heterocycles. The van der Waals surface area contributed by atoms with Crippen molar-refractivity contribution >= 4 is 10.0 Å². The Morgan fingerprint density at radius 2 is 1.95 bits per heavy atom. The summed E-state index contributed by atoms with van der Waals surface area (Å²) in [5.41, 5.74) is 0. The highest BCUT2D eigenvalue weighted by molar-refractivity contribution is 7.89. The molecule has 5 nitrogen and oxygen atoms in total. The molecule has 0 spiro atoms. The van der Waals surface area contributed by atoms with E-state index < -0.39 is 10.0 Å². The van der Waals surface area contributed by atoms with Crippen LogP contribution in [0.3, 0.4) is 0 Å². The van der Waals surface area contributed by atoms with Gasteiger partial charge in [0, 0.05) is 26.7 Å². The summed E-state index contributed by atoms with van der Waals surface area (Å²) in [6.45, 7) is 11.9. The van der Waals surface area contributed by atoms with E-state index in [0.717, 1.165) is 25.6 Å². The highest BCUT2D eigenvalue weighted by Gasteiger charge is 2.28. The third-order valence-electron chi connectivity index (χ3n) is 3.97. The number of likely N-dealkylation sites (N-methyl/N-ethyl adjacent to an activating group) is 1. The van der Waals surface area contributed by atoms with Crippen LogP contribution in [0.2, 0.25) is 0 Å². The molecule has 0 aromatic carbocycles. The van der Waals surface area contributed by atoms with E-state index in [1.807, 2.05) is 0 Å². The number of morpholine rings is 1. The van der Waals surface area contributed by atoms with E-state index in [9.17, 15) is 8.42 Å². The Morgan fingerprint density at radius 1 is 1.29 bits per heavy atom. The van der Waals surface area contributed by atoms with E-state index in [1.165, 1.54) is 17.1 Å². The van der Waals surface area contributed by atoms with E-state index in [-0.39, 0.29) is 11.4 Å². The molecule has 6 heteroatoms. The van der Waals surface area contributed by atoms with Crippen LogP contribution in [-0.4, -0.2) is 68.8 Å². The molecule has 21 heavy (non-hydrogen) atoms. The molecular weight excluding hydrogens is 288 g/mol. The Hall–Kier alpha value is -0.170. The first-order valence-corrected chi connectivity index (χ1v) is 9.53. The first-order valence-electron chi connectivity index (χ1n) is 8.02. The summed E-state index contributed by atoms with van der Waals surface area (Å²) in [4.78, 5) is 2.40. The average molecular weight is 320 g/mol. The lowest BCUT2D eigenvalue weighted by Gasteiger charge is -2.35. The van der Waals surface area contributed by atoms with Crippen LogP contribution in [0, 0.1) is 5.92 Å². The van der Waals surface area contributed by atoms with Crippen molar-refractivity contribution in [3.63, 3.8) is 0 Å². The second kappa shape index (κ2) is 8.46. The Morgan fingerprint density at radius 3 is 2.52 bits per heavy atom. The van der Waals surface area contributed by atoms with E-state index >= 15 is 0 Å². The SMILES string of the molecule is CC(C)CCCN1CCOC(CN(C)S(=O)(=O)C(C)C)C1. The molecule has 0 N–H and O–H groups in total. The summed E-state index contributed by atoms with van der Waals surface area (Å²) in [7, 11) is -1.54. The van der Waals surface area contributed by atoms with E-state index in [2.05, 4.69) is 18.7 Å². The minimum absolute atomic E-state index is 0.0173. The van der Waals surface area contributed by atoms with Gasteiger partial charge in [-0.15, -0.1) is 0 Å². The molecule has 1 fully saturated rings. The molecular formula is C15H32N2O3S. The first-order chi connectivity index (χ1) is 9.73. The van der Waals surface area contributed by atoms with Crippen LogP contribution < -0.4 is 0 Å². The zero-order chi connectivity index (χ0) is 16.0. The maximum atomic E-state index is 12.1. The molecule has 0 amide bonds. The highest BCUT2D eigenvalue weighted by atomic mass is 32.2. The van der Waals surface area contributed by atoms with Gasteiger partial charge in [0.05, 0.1) is 18.0 Å². The van der Waals surface area contributed by atoms with Crippen LogP contribution in [0.15, 0.2) is 0 Å². The maximum absolute atomic E-state index is 12.1. The Labute approximate surface area is 130 Å². The fourth-order valence-corrected chi connectivity index (χ4v) is 3.66. The van der Waals surface area contributed by atoms with Gasteiger partial charge >= 0.3 is 0 Å². The third-order valence-corrected chi connectivity index (χ3v) is 6.18. The van der Waals surface area contributed by atoms with Crippen molar-refractivity contribution in [2.75, 3.05) is 39.8 Å². The molecule has 1 unspecified atom stereocenters. The number of nitrogens with zero attached hydrogens (tertiary/aromatic N) is 2. The number of sulfonamides is 1. The molecule has 1 saturated heterocycles. The van der Waals surface area contributed by atoms with Gasteiger partial charge in [-0.3, -0.25) is 4.90 Å². The van der Waals surface area contributed by atoms with Gasteiger partial charge in [-0.1, -0.05) is 13.8 Å². The van der Waals surface area contributed by atoms with Gasteiger partial charge in [0.2, 0.25) is 10.0 Å². The molecule has 1 rings (SSSR count). The molecule has 0 saturated carbocycles. The topological polar surface area (TPSA) is 49.9 Å². The van der Waals surface area contributed by atoms with Crippen LogP contribution in [0.5, 0.6) is 0 Å². The summed E-state index contributed by atoms with van der Waals surface area (Å²) >= 11 is 0. The standard InChI is InChI=1S/C15H32N2O3S/c1-13(2)7-6-8-17-9-10-20-15(12-17)11-16(5)21(18,19)14(3)4/h13-15H,6-12H2,1-5H3. The van der Waals surface area contributed by atoms with Gasteiger partial charge in [0.1, 0.15) is 0 Å². The van der Waals surface area contributed by atoms with Crippen molar-refractivity contribution in [3.8, 4) is 0 Å². The lowest BCUT2D eigenvalue weighted by atomic mass is 10.1. The highest BCUT2D eigenvalue weighted by Crippen LogP contribution is 2.13. The van der Waals surface area contributed by atoms with Gasteiger partial charge in [0.25, 0.3) is 0 Å². The van der Waals surface area contributed by atoms with Crippen molar-refractivity contribution in [2.45, 2.75) is 51.9 Å². The summed E-state index contributed by atoms with van der Waals surface area (Å²) in [6, 6.07) is 0. The van der Waals surface area contributed by atoms with Gasteiger partial charge in [-0.05, 0) is 39.2 Å². The quantitative estimate of drug-likeness (QED) is 0.684. The monoisotopic (exact) mass is 320 g/mol. The number of rotatable bonds is 8. The average Bonchev–Trinajstić information content (AvgIpc) is 2.38. The van der Waals surface area contributed by atoms with Crippen molar-refractivity contribution < 1.29 is 13.2 Å². The van der Waals surface area contributed by atoms with Gasteiger partial charge < -0.3 is 4.74 Å². The fourth-order valence-electron chi connectivity index (χ4n) is 2.57.